The molecule has 11 heteroatoms. The second-order valence-electron chi connectivity index (χ2n) is 9.30. The molecule has 2 aromatic heterocycles. The molecule has 0 spiro atoms. The van der Waals surface area contributed by atoms with Gasteiger partial charge in [0.2, 0.25) is 5.95 Å². The van der Waals surface area contributed by atoms with Crippen molar-refractivity contribution in [3.63, 3.8) is 0 Å². The van der Waals surface area contributed by atoms with Crippen LogP contribution in [0.3, 0.4) is 0 Å². The van der Waals surface area contributed by atoms with Crippen molar-refractivity contribution in [2.75, 3.05) is 50.3 Å². The third kappa shape index (κ3) is 4.77. The minimum Gasteiger partial charge on any atom is -0.496 e. The van der Waals surface area contributed by atoms with Gasteiger partial charge in [0.1, 0.15) is 17.6 Å². The summed E-state index contributed by atoms with van der Waals surface area (Å²) >= 11 is 0. The molecule has 37 heavy (non-hydrogen) atoms. The summed E-state index contributed by atoms with van der Waals surface area (Å²) in [6.07, 6.45) is -0.467. The molecule has 0 radical (unpaired) electrons. The number of carbonyl (C=O) groups excluding carboxylic acids is 1. The first-order chi connectivity index (χ1) is 17.9. The normalized spacial score (nSPS) is 21.9. The van der Waals surface area contributed by atoms with Crippen molar-refractivity contribution in [1.82, 2.24) is 15.0 Å². The molecule has 11 nitrogen and oxygen atoms in total. The number of ether oxygens (including phenoxy) is 3. The summed E-state index contributed by atoms with van der Waals surface area (Å²) in [5.74, 6) is 1.16. The Hall–Kier alpha value is -3.54. The van der Waals surface area contributed by atoms with E-state index in [1.807, 2.05) is 24.3 Å². The molecular formula is C26H31N5O6. The Morgan fingerprint density at radius 1 is 1.16 bits per heavy atom. The molecule has 0 amide bonds. The van der Waals surface area contributed by atoms with Gasteiger partial charge in [-0.1, -0.05) is 0 Å². The van der Waals surface area contributed by atoms with Crippen LogP contribution in [-0.4, -0.2) is 89.8 Å². The van der Waals surface area contributed by atoms with Gasteiger partial charge < -0.3 is 34.2 Å². The second-order valence-corrected chi connectivity index (χ2v) is 9.30. The molecule has 0 bridgehead atoms. The number of aromatic nitrogens is 3. The molecule has 2 aliphatic heterocycles. The van der Waals surface area contributed by atoms with Gasteiger partial charge in [0.15, 0.2) is 5.65 Å². The molecule has 3 aromatic rings. The number of β-amino-alcohol motifs (C(OH)–C–C–N with tert-alkyl or cyclic N) is 1. The molecule has 2 N–H and O–H groups in total. The molecule has 4 heterocycles. The number of carbonyl (C=O) groups is 1. The Morgan fingerprint density at radius 3 is 2.73 bits per heavy atom. The van der Waals surface area contributed by atoms with Crippen LogP contribution >= 0.6 is 0 Å². The number of aliphatic hydroxyl groups excluding tert-OH is 2. The molecule has 2 fully saturated rings. The fourth-order valence-corrected chi connectivity index (χ4v) is 4.99. The summed E-state index contributed by atoms with van der Waals surface area (Å²) < 4.78 is 15.9. The van der Waals surface area contributed by atoms with E-state index < -0.39 is 18.1 Å². The summed E-state index contributed by atoms with van der Waals surface area (Å²) in [4.78, 5) is 30.8. The number of aliphatic hydroxyl groups is 2. The Balaban J connectivity index is 1.65. The third-order valence-corrected chi connectivity index (χ3v) is 6.92. The minimum atomic E-state index is -0.704. The number of benzene rings is 1. The average molecular weight is 510 g/mol. The zero-order chi connectivity index (χ0) is 26.1. The lowest BCUT2D eigenvalue weighted by molar-refractivity contribution is -0.142. The molecule has 2 aliphatic rings. The maximum atomic E-state index is 12.5. The standard InChI is InChI=1S/C26H31N5O6/c1-15-14-37-9-8-30(15)24-19-5-6-20(16-4-7-22(35-2)17(10-16)13-32)27-23(19)28-26(29-24)31-12-18(33)11-21(31)25(34)36-3/h4-7,10,15,18,21,32-33H,8-9,11-14H2,1-3H3/t15-,18+,21-/m0/s1. The quantitative estimate of drug-likeness (QED) is 0.469. The van der Waals surface area contributed by atoms with Crippen LogP contribution in [0.2, 0.25) is 0 Å². The van der Waals surface area contributed by atoms with Crippen molar-refractivity contribution < 1.29 is 29.2 Å². The number of esters is 1. The van der Waals surface area contributed by atoms with Gasteiger partial charge >= 0.3 is 5.97 Å². The van der Waals surface area contributed by atoms with E-state index in [9.17, 15) is 15.0 Å². The molecule has 1 aromatic carbocycles. The lowest BCUT2D eigenvalue weighted by Gasteiger charge is -2.35. The van der Waals surface area contributed by atoms with Gasteiger partial charge in [-0.3, -0.25) is 0 Å². The van der Waals surface area contributed by atoms with Crippen molar-refractivity contribution in [3.8, 4) is 17.0 Å². The number of hydrogen-bond donors (Lipinski definition) is 2. The zero-order valence-electron chi connectivity index (χ0n) is 21.1. The highest BCUT2D eigenvalue weighted by molar-refractivity contribution is 5.90. The SMILES string of the molecule is COC(=O)[C@@H]1C[C@@H](O)CN1c1nc(N2CCOC[C@@H]2C)c2ccc(-c3ccc(OC)c(CO)c3)nc2n1. The van der Waals surface area contributed by atoms with Crippen LogP contribution in [-0.2, 0) is 20.9 Å². The highest BCUT2D eigenvalue weighted by atomic mass is 16.5. The highest BCUT2D eigenvalue weighted by Crippen LogP contribution is 2.33. The Morgan fingerprint density at radius 2 is 2.00 bits per heavy atom. The van der Waals surface area contributed by atoms with E-state index in [1.165, 1.54) is 7.11 Å². The molecule has 2 saturated heterocycles. The van der Waals surface area contributed by atoms with Crippen LogP contribution in [0.5, 0.6) is 5.75 Å². The highest BCUT2D eigenvalue weighted by Gasteiger charge is 2.39. The number of nitrogens with zero attached hydrogens (tertiary/aromatic N) is 5. The van der Waals surface area contributed by atoms with Crippen molar-refractivity contribution in [1.29, 1.82) is 0 Å². The predicted octanol–water partition coefficient (Wildman–Crippen LogP) is 1.53. The van der Waals surface area contributed by atoms with Gasteiger partial charge in [-0.2, -0.15) is 9.97 Å². The van der Waals surface area contributed by atoms with Crippen LogP contribution in [0.25, 0.3) is 22.3 Å². The van der Waals surface area contributed by atoms with Crippen LogP contribution in [0.1, 0.15) is 18.9 Å². The van der Waals surface area contributed by atoms with Crippen molar-refractivity contribution >= 4 is 28.8 Å². The molecular weight excluding hydrogens is 478 g/mol. The summed E-state index contributed by atoms with van der Waals surface area (Å²) in [5, 5.41) is 20.9. The fraction of sp³-hybridized carbons (Fsp3) is 0.462. The van der Waals surface area contributed by atoms with E-state index in [1.54, 1.807) is 18.1 Å². The Bertz CT molecular complexity index is 1300. The molecule has 5 rings (SSSR count). The number of pyridine rings is 1. The minimum absolute atomic E-state index is 0.0775. The lowest BCUT2D eigenvalue weighted by atomic mass is 10.1. The van der Waals surface area contributed by atoms with E-state index in [4.69, 9.17) is 29.2 Å². The fourth-order valence-electron chi connectivity index (χ4n) is 4.99. The first-order valence-corrected chi connectivity index (χ1v) is 12.3. The smallest absolute Gasteiger partial charge is 0.328 e. The van der Waals surface area contributed by atoms with Gasteiger partial charge in [0.05, 0.1) is 57.3 Å². The monoisotopic (exact) mass is 509 g/mol. The molecule has 3 atom stereocenters. The molecule has 196 valence electrons. The van der Waals surface area contributed by atoms with E-state index in [2.05, 4.69) is 11.8 Å². The average Bonchev–Trinajstić information content (AvgIpc) is 3.33. The van der Waals surface area contributed by atoms with E-state index in [0.29, 0.717) is 54.2 Å². The lowest BCUT2D eigenvalue weighted by Crippen LogP contribution is -2.44. The maximum absolute atomic E-state index is 12.5. The topological polar surface area (TPSA) is 130 Å². The largest absolute Gasteiger partial charge is 0.496 e. The summed E-state index contributed by atoms with van der Waals surface area (Å²) in [6, 6.07) is 8.75. The van der Waals surface area contributed by atoms with Gasteiger partial charge in [-0.25, -0.2) is 9.78 Å². The van der Waals surface area contributed by atoms with Gasteiger partial charge in [-0.05, 0) is 37.3 Å². The van der Waals surface area contributed by atoms with Gasteiger partial charge in [0.25, 0.3) is 0 Å². The molecule has 0 unspecified atom stereocenters. The maximum Gasteiger partial charge on any atom is 0.328 e. The van der Waals surface area contributed by atoms with Crippen molar-refractivity contribution in [3.05, 3.63) is 35.9 Å². The summed E-state index contributed by atoms with van der Waals surface area (Å²) in [7, 11) is 2.89. The van der Waals surface area contributed by atoms with Crippen LogP contribution in [0.15, 0.2) is 30.3 Å². The van der Waals surface area contributed by atoms with E-state index in [-0.39, 0.29) is 25.6 Å². The van der Waals surface area contributed by atoms with Crippen LogP contribution in [0, 0.1) is 0 Å². The number of rotatable bonds is 6. The van der Waals surface area contributed by atoms with E-state index in [0.717, 1.165) is 10.9 Å². The van der Waals surface area contributed by atoms with Crippen LogP contribution in [0.4, 0.5) is 11.8 Å². The summed E-state index contributed by atoms with van der Waals surface area (Å²) in [5.41, 5.74) is 2.58. The molecule has 0 saturated carbocycles. The summed E-state index contributed by atoms with van der Waals surface area (Å²) in [6.45, 7) is 3.90. The first kappa shape index (κ1) is 25.1. The number of anilines is 2. The number of methoxy groups -OCH3 is 2. The first-order valence-electron chi connectivity index (χ1n) is 12.3. The van der Waals surface area contributed by atoms with Gasteiger partial charge in [0, 0.05) is 30.6 Å². The van der Waals surface area contributed by atoms with Crippen LogP contribution < -0.4 is 14.5 Å². The zero-order valence-corrected chi connectivity index (χ0v) is 21.1. The number of morpholine rings is 1. The second kappa shape index (κ2) is 10.4. The molecule has 0 aliphatic carbocycles. The number of fused-ring (bicyclic) bond motifs is 1. The Labute approximate surface area is 214 Å². The van der Waals surface area contributed by atoms with Gasteiger partial charge in [-0.15, -0.1) is 0 Å². The Kier molecular flexibility index (Phi) is 7.09. The number of hydrogen-bond acceptors (Lipinski definition) is 11. The van der Waals surface area contributed by atoms with E-state index >= 15 is 0 Å². The third-order valence-electron chi connectivity index (χ3n) is 6.92. The predicted molar refractivity (Wildman–Crippen MR) is 137 cm³/mol. The van der Waals surface area contributed by atoms with Crippen molar-refractivity contribution in [2.45, 2.75) is 38.1 Å². The van der Waals surface area contributed by atoms with Crippen molar-refractivity contribution in [2.24, 2.45) is 0 Å².